The lowest BCUT2D eigenvalue weighted by molar-refractivity contribution is -0.139. The van der Waals surface area contributed by atoms with Crippen LogP contribution in [0.5, 0.6) is 0 Å². The van der Waals surface area contributed by atoms with Gasteiger partial charge in [-0.1, -0.05) is 73.7 Å². The summed E-state index contributed by atoms with van der Waals surface area (Å²) in [5, 5.41) is 14.6. The summed E-state index contributed by atoms with van der Waals surface area (Å²) in [7, 11) is 0. The van der Waals surface area contributed by atoms with Crippen LogP contribution in [0.1, 0.15) is 47.0 Å². The van der Waals surface area contributed by atoms with E-state index in [9.17, 15) is 19.5 Å². The van der Waals surface area contributed by atoms with Gasteiger partial charge in [0.15, 0.2) is 5.13 Å². The molecular formula is C25H25N3O5S. The lowest BCUT2D eigenvalue weighted by Gasteiger charge is -2.15. The number of aromatic nitrogens is 1. The highest BCUT2D eigenvalue weighted by Gasteiger charge is 2.29. The van der Waals surface area contributed by atoms with Gasteiger partial charge in [-0.3, -0.25) is 10.1 Å². The number of ether oxygens (including phenoxy) is 1. The predicted molar refractivity (Wildman–Crippen MR) is 129 cm³/mol. The van der Waals surface area contributed by atoms with Gasteiger partial charge in [0.1, 0.15) is 17.5 Å². The number of thiazole rings is 1. The molecule has 9 heteroatoms. The van der Waals surface area contributed by atoms with Gasteiger partial charge < -0.3 is 15.2 Å². The van der Waals surface area contributed by atoms with Gasteiger partial charge >= 0.3 is 12.1 Å². The maximum absolute atomic E-state index is 12.4. The molecule has 0 saturated carbocycles. The first-order valence-electron chi connectivity index (χ1n) is 10.9. The van der Waals surface area contributed by atoms with Crippen molar-refractivity contribution in [3.05, 3.63) is 70.7 Å². The van der Waals surface area contributed by atoms with E-state index in [2.05, 4.69) is 27.8 Å². The third-order valence-electron chi connectivity index (χ3n) is 5.59. The number of nitrogens with one attached hydrogen (secondary N) is 2. The van der Waals surface area contributed by atoms with Gasteiger partial charge in [-0.2, -0.15) is 0 Å². The van der Waals surface area contributed by atoms with Crippen molar-refractivity contribution >= 4 is 34.4 Å². The zero-order valence-corrected chi connectivity index (χ0v) is 19.6. The Morgan fingerprint density at radius 2 is 1.68 bits per heavy atom. The monoisotopic (exact) mass is 479 g/mol. The molecule has 1 aromatic heterocycles. The third kappa shape index (κ3) is 5.09. The van der Waals surface area contributed by atoms with Gasteiger partial charge in [0, 0.05) is 5.92 Å². The Morgan fingerprint density at radius 3 is 2.26 bits per heavy atom. The molecule has 0 bridgehead atoms. The van der Waals surface area contributed by atoms with Crippen LogP contribution in [0, 0.1) is 5.92 Å². The van der Waals surface area contributed by atoms with Gasteiger partial charge in [-0.15, -0.1) is 0 Å². The molecule has 3 aromatic rings. The maximum Gasteiger partial charge on any atom is 0.413 e. The number of hydrogen-bond acceptors (Lipinski definition) is 6. The molecule has 0 spiro atoms. The van der Waals surface area contributed by atoms with Gasteiger partial charge in [0.2, 0.25) is 0 Å². The molecule has 0 fully saturated rings. The predicted octanol–water partition coefficient (Wildman–Crippen LogP) is 4.73. The summed E-state index contributed by atoms with van der Waals surface area (Å²) in [6, 6.07) is 15.1. The van der Waals surface area contributed by atoms with Crippen LogP contribution in [-0.4, -0.2) is 40.7 Å². The fraction of sp³-hybridized carbons (Fsp3) is 0.280. The van der Waals surface area contributed by atoms with Crippen molar-refractivity contribution in [3.63, 3.8) is 0 Å². The minimum atomic E-state index is -1.09. The number of rotatable bonds is 8. The Labute approximate surface area is 201 Å². The lowest BCUT2D eigenvalue weighted by Crippen LogP contribution is -2.41. The number of carboxylic acid groups (broad SMARTS) is 1. The number of fused-ring (bicyclic) bond motifs is 3. The molecule has 34 heavy (non-hydrogen) atoms. The smallest absolute Gasteiger partial charge is 0.413 e. The van der Waals surface area contributed by atoms with Crippen molar-refractivity contribution in [1.29, 1.82) is 0 Å². The molecule has 176 valence electrons. The van der Waals surface area contributed by atoms with Crippen LogP contribution in [0.15, 0.2) is 54.7 Å². The van der Waals surface area contributed by atoms with Crippen LogP contribution in [0.25, 0.3) is 11.1 Å². The molecule has 2 amide bonds. The quantitative estimate of drug-likeness (QED) is 0.430. The number of carbonyl (C=O) groups is 3. The highest BCUT2D eigenvalue weighted by atomic mass is 32.1. The Balaban J connectivity index is 1.36. The molecular weight excluding hydrogens is 454 g/mol. The molecule has 0 unspecified atom stereocenters. The van der Waals surface area contributed by atoms with E-state index >= 15 is 0 Å². The number of aliphatic carboxylic acids is 1. The van der Waals surface area contributed by atoms with E-state index in [0.29, 0.717) is 6.42 Å². The van der Waals surface area contributed by atoms with Crippen LogP contribution in [0.3, 0.4) is 0 Å². The molecule has 1 atom stereocenters. The standard InChI is InChI=1S/C25H25N3O5S/c1-14(2)11-20(23(30)31)27-22(29)21-12-26-24(34-21)28-25(32)33-13-19-17-9-5-3-7-15(17)16-8-4-6-10-18(16)19/h3-10,12,14,19-20H,11,13H2,1-2H3,(H,27,29)(H,30,31)(H,26,28,32)/t20-/m0/s1. The van der Waals surface area contributed by atoms with Crippen LogP contribution < -0.4 is 10.6 Å². The van der Waals surface area contributed by atoms with Crippen molar-refractivity contribution < 1.29 is 24.2 Å². The van der Waals surface area contributed by atoms with Crippen molar-refractivity contribution in [1.82, 2.24) is 10.3 Å². The third-order valence-corrected chi connectivity index (χ3v) is 6.50. The van der Waals surface area contributed by atoms with Crippen molar-refractivity contribution in [3.8, 4) is 11.1 Å². The zero-order valence-electron chi connectivity index (χ0n) is 18.8. The zero-order chi connectivity index (χ0) is 24.2. The summed E-state index contributed by atoms with van der Waals surface area (Å²) in [6.07, 6.45) is 0.935. The molecule has 0 aliphatic heterocycles. The Hall–Kier alpha value is -3.72. The second-order valence-electron chi connectivity index (χ2n) is 8.47. The van der Waals surface area contributed by atoms with Crippen LogP contribution in [0.2, 0.25) is 0 Å². The molecule has 0 radical (unpaired) electrons. The van der Waals surface area contributed by atoms with E-state index in [4.69, 9.17) is 4.74 Å². The Bertz CT molecular complexity index is 1180. The number of benzene rings is 2. The highest BCUT2D eigenvalue weighted by Crippen LogP contribution is 2.44. The average molecular weight is 480 g/mol. The summed E-state index contributed by atoms with van der Waals surface area (Å²) < 4.78 is 5.49. The number of carboxylic acids is 1. The number of hydrogen-bond donors (Lipinski definition) is 3. The van der Waals surface area contributed by atoms with Crippen molar-refractivity contribution in [2.45, 2.75) is 32.2 Å². The maximum atomic E-state index is 12.4. The summed E-state index contributed by atoms with van der Waals surface area (Å²) in [6.45, 7) is 3.92. The molecule has 2 aromatic carbocycles. The minimum absolute atomic E-state index is 0.0651. The van der Waals surface area contributed by atoms with Crippen LogP contribution in [-0.2, 0) is 9.53 Å². The second-order valence-corrected chi connectivity index (χ2v) is 9.50. The average Bonchev–Trinajstić information content (AvgIpc) is 3.39. The Morgan fingerprint density at radius 1 is 1.06 bits per heavy atom. The fourth-order valence-electron chi connectivity index (χ4n) is 4.08. The van der Waals surface area contributed by atoms with Crippen molar-refractivity contribution in [2.75, 3.05) is 11.9 Å². The van der Waals surface area contributed by atoms with Crippen LogP contribution >= 0.6 is 11.3 Å². The highest BCUT2D eigenvalue weighted by molar-refractivity contribution is 7.17. The molecule has 3 N–H and O–H groups in total. The second kappa shape index (κ2) is 10.0. The number of carbonyl (C=O) groups excluding carboxylic acids is 2. The molecule has 4 rings (SSSR count). The van der Waals surface area contributed by atoms with E-state index in [1.54, 1.807) is 0 Å². The SMILES string of the molecule is CC(C)C[C@H](NC(=O)c1cnc(NC(=O)OCC2c3ccccc3-c3ccccc32)s1)C(=O)O. The van der Waals surface area contributed by atoms with E-state index in [1.807, 2.05) is 50.2 Å². The van der Waals surface area contributed by atoms with Gasteiger partial charge in [0.25, 0.3) is 5.91 Å². The normalized spacial score (nSPS) is 13.1. The van der Waals surface area contributed by atoms with E-state index < -0.39 is 24.0 Å². The van der Waals surface area contributed by atoms with E-state index in [-0.39, 0.29) is 28.5 Å². The van der Waals surface area contributed by atoms with E-state index in [0.717, 1.165) is 33.6 Å². The minimum Gasteiger partial charge on any atom is -0.480 e. The number of nitrogens with zero attached hydrogens (tertiary/aromatic N) is 1. The Kier molecular flexibility index (Phi) is 6.93. The molecule has 0 saturated heterocycles. The first-order valence-corrected chi connectivity index (χ1v) is 11.8. The summed E-state index contributed by atoms with van der Waals surface area (Å²) in [4.78, 5) is 40.5. The molecule has 1 aliphatic rings. The van der Waals surface area contributed by atoms with Crippen molar-refractivity contribution in [2.24, 2.45) is 5.92 Å². The topological polar surface area (TPSA) is 118 Å². The van der Waals surface area contributed by atoms with Crippen LogP contribution in [0.4, 0.5) is 9.93 Å². The summed E-state index contributed by atoms with van der Waals surface area (Å²) in [5.41, 5.74) is 4.50. The summed E-state index contributed by atoms with van der Waals surface area (Å²) in [5.74, 6) is -1.60. The van der Waals surface area contributed by atoms with Gasteiger partial charge in [0.05, 0.1) is 6.20 Å². The van der Waals surface area contributed by atoms with Gasteiger partial charge in [-0.25, -0.2) is 14.6 Å². The lowest BCUT2D eigenvalue weighted by atomic mass is 9.98. The van der Waals surface area contributed by atoms with Gasteiger partial charge in [-0.05, 0) is 34.6 Å². The largest absolute Gasteiger partial charge is 0.480 e. The fourth-order valence-corrected chi connectivity index (χ4v) is 4.79. The first kappa shape index (κ1) is 23.4. The van der Waals surface area contributed by atoms with E-state index in [1.165, 1.54) is 6.20 Å². The molecule has 1 heterocycles. The number of anilines is 1. The number of amides is 2. The molecule has 1 aliphatic carbocycles. The molecule has 8 nitrogen and oxygen atoms in total. The first-order chi connectivity index (χ1) is 16.3. The summed E-state index contributed by atoms with van der Waals surface area (Å²) >= 11 is 0.949.